The molecule has 2 atom stereocenters. The molecule has 0 aliphatic heterocycles. The first-order valence-electron chi connectivity index (χ1n) is 8.87. The second-order valence-electron chi connectivity index (χ2n) is 6.53. The number of hydrogen-bond acceptors (Lipinski definition) is 5. The Morgan fingerprint density at radius 1 is 1.08 bits per heavy atom. The second-order valence-corrected chi connectivity index (χ2v) is 6.53. The topological polar surface area (TPSA) is 111 Å². The normalized spacial score (nSPS) is 13.0. The second kappa shape index (κ2) is 11.3. The number of carbonyl (C=O) groups excluding carboxylic acids is 3. The molecule has 0 unspecified atom stereocenters. The van der Waals surface area contributed by atoms with Crippen LogP contribution in [0.5, 0.6) is 0 Å². The number of ketones is 1. The molecule has 0 radical (unpaired) electrons. The lowest BCUT2D eigenvalue weighted by Gasteiger charge is -2.23. The molecule has 2 amide bonds. The Bertz CT molecular complexity index is 590. The van der Waals surface area contributed by atoms with Crippen molar-refractivity contribution in [3.05, 3.63) is 35.9 Å². The van der Waals surface area contributed by atoms with E-state index in [1.165, 1.54) is 0 Å². The highest BCUT2D eigenvalue weighted by atomic mass is 16.5. The van der Waals surface area contributed by atoms with Gasteiger partial charge in [-0.1, -0.05) is 51.1 Å². The maximum Gasteiger partial charge on any atom is 0.408 e. The van der Waals surface area contributed by atoms with Crippen LogP contribution >= 0.6 is 0 Å². The number of Topliss-reactive ketones (excluding diaryl/α,β-unsaturated/α-hetero) is 1. The Kier molecular flexibility index (Phi) is 9.36. The van der Waals surface area contributed by atoms with Gasteiger partial charge in [0.1, 0.15) is 12.6 Å². The molecule has 144 valence electrons. The number of nitrogens with one attached hydrogen (secondary N) is 2. The number of amides is 2. The van der Waals surface area contributed by atoms with E-state index in [4.69, 9.17) is 10.5 Å². The van der Waals surface area contributed by atoms with E-state index in [2.05, 4.69) is 10.6 Å². The quantitative estimate of drug-likeness (QED) is 0.586. The molecule has 1 aromatic rings. The fourth-order valence-electron chi connectivity index (χ4n) is 2.43. The summed E-state index contributed by atoms with van der Waals surface area (Å²) >= 11 is 0. The minimum Gasteiger partial charge on any atom is -0.445 e. The molecule has 1 rings (SSSR count). The van der Waals surface area contributed by atoms with Crippen molar-refractivity contribution >= 4 is 17.8 Å². The first-order chi connectivity index (χ1) is 12.4. The molecule has 0 aliphatic carbocycles. The minimum absolute atomic E-state index is 0.117. The van der Waals surface area contributed by atoms with Crippen molar-refractivity contribution in [1.29, 1.82) is 0 Å². The van der Waals surface area contributed by atoms with Gasteiger partial charge in [0, 0.05) is 0 Å². The van der Waals surface area contributed by atoms with Crippen LogP contribution in [0.3, 0.4) is 0 Å². The SMILES string of the molecule is CC[C@H](NC(=O)[C@H](CC(C)C)NC(=O)OCc1ccccc1)C(=O)CN. The summed E-state index contributed by atoms with van der Waals surface area (Å²) in [5.41, 5.74) is 6.22. The third-order valence-corrected chi connectivity index (χ3v) is 3.84. The zero-order valence-electron chi connectivity index (χ0n) is 15.7. The van der Waals surface area contributed by atoms with Crippen LogP contribution in [0.25, 0.3) is 0 Å². The number of hydrogen-bond donors (Lipinski definition) is 3. The fraction of sp³-hybridized carbons (Fsp3) is 0.526. The lowest BCUT2D eigenvalue weighted by Crippen LogP contribution is -2.52. The number of ether oxygens (including phenoxy) is 1. The Morgan fingerprint density at radius 3 is 2.27 bits per heavy atom. The van der Waals surface area contributed by atoms with Crippen molar-refractivity contribution < 1.29 is 19.1 Å². The summed E-state index contributed by atoms with van der Waals surface area (Å²) in [4.78, 5) is 36.3. The fourth-order valence-corrected chi connectivity index (χ4v) is 2.43. The average molecular weight is 363 g/mol. The van der Waals surface area contributed by atoms with E-state index in [-0.39, 0.29) is 24.9 Å². The van der Waals surface area contributed by atoms with Crippen molar-refractivity contribution in [2.45, 2.75) is 52.3 Å². The van der Waals surface area contributed by atoms with Crippen LogP contribution in [0.4, 0.5) is 4.79 Å². The molecule has 26 heavy (non-hydrogen) atoms. The van der Waals surface area contributed by atoms with Gasteiger partial charge in [0.2, 0.25) is 5.91 Å². The van der Waals surface area contributed by atoms with Gasteiger partial charge < -0.3 is 21.1 Å². The zero-order valence-corrected chi connectivity index (χ0v) is 15.7. The van der Waals surface area contributed by atoms with E-state index in [1.54, 1.807) is 6.92 Å². The van der Waals surface area contributed by atoms with Crippen LogP contribution in [0.15, 0.2) is 30.3 Å². The summed E-state index contributed by atoms with van der Waals surface area (Å²) in [5, 5.41) is 5.25. The first-order valence-corrected chi connectivity index (χ1v) is 8.87. The first kappa shape index (κ1) is 21.6. The summed E-state index contributed by atoms with van der Waals surface area (Å²) in [6.07, 6.45) is 0.196. The monoisotopic (exact) mass is 363 g/mol. The van der Waals surface area contributed by atoms with Crippen molar-refractivity contribution in [2.75, 3.05) is 6.54 Å². The van der Waals surface area contributed by atoms with E-state index >= 15 is 0 Å². The van der Waals surface area contributed by atoms with Gasteiger partial charge in [-0.05, 0) is 24.3 Å². The van der Waals surface area contributed by atoms with Crippen molar-refractivity contribution in [1.82, 2.24) is 10.6 Å². The Hall–Kier alpha value is -2.41. The highest BCUT2D eigenvalue weighted by Crippen LogP contribution is 2.07. The van der Waals surface area contributed by atoms with Crippen molar-refractivity contribution in [2.24, 2.45) is 11.7 Å². The number of carbonyl (C=O) groups is 3. The molecule has 0 saturated heterocycles. The molecule has 0 heterocycles. The molecule has 0 aliphatic rings. The number of alkyl carbamates (subject to hydrolysis) is 1. The molecular formula is C19H29N3O4. The summed E-state index contributed by atoms with van der Waals surface area (Å²) in [6, 6.07) is 7.84. The maximum atomic E-state index is 12.5. The largest absolute Gasteiger partial charge is 0.445 e. The minimum atomic E-state index is -0.780. The molecular weight excluding hydrogens is 334 g/mol. The summed E-state index contributed by atoms with van der Waals surface area (Å²) < 4.78 is 5.17. The van der Waals surface area contributed by atoms with E-state index in [1.807, 2.05) is 44.2 Å². The molecule has 0 saturated carbocycles. The summed E-state index contributed by atoms with van der Waals surface area (Å²) in [7, 11) is 0. The predicted octanol–water partition coefficient (Wildman–Crippen LogP) is 1.75. The van der Waals surface area contributed by atoms with Crippen LogP contribution in [0.1, 0.15) is 39.2 Å². The third-order valence-electron chi connectivity index (χ3n) is 3.84. The number of nitrogens with two attached hydrogens (primary N) is 1. The highest BCUT2D eigenvalue weighted by molar-refractivity contribution is 5.92. The van der Waals surface area contributed by atoms with E-state index in [0.717, 1.165) is 5.56 Å². The molecule has 7 nitrogen and oxygen atoms in total. The maximum absolute atomic E-state index is 12.5. The summed E-state index contributed by atoms with van der Waals surface area (Å²) in [5.74, 6) is -0.481. The van der Waals surface area contributed by atoms with Gasteiger partial charge in [0.05, 0.1) is 12.6 Å². The van der Waals surface area contributed by atoms with Gasteiger partial charge in [-0.15, -0.1) is 0 Å². The lowest BCUT2D eigenvalue weighted by atomic mass is 10.0. The van der Waals surface area contributed by atoms with Gasteiger partial charge in [-0.25, -0.2) is 4.79 Å². The third kappa shape index (κ3) is 7.65. The van der Waals surface area contributed by atoms with Crippen molar-refractivity contribution in [3.63, 3.8) is 0 Å². The van der Waals surface area contributed by atoms with Gasteiger partial charge in [0.25, 0.3) is 0 Å². The Morgan fingerprint density at radius 2 is 1.73 bits per heavy atom. The zero-order chi connectivity index (χ0) is 19.5. The Balaban J connectivity index is 2.65. The lowest BCUT2D eigenvalue weighted by molar-refractivity contribution is -0.128. The molecule has 7 heteroatoms. The van der Waals surface area contributed by atoms with Crippen LogP contribution < -0.4 is 16.4 Å². The molecule has 0 spiro atoms. The van der Waals surface area contributed by atoms with Crippen LogP contribution in [-0.4, -0.2) is 36.4 Å². The number of benzene rings is 1. The van der Waals surface area contributed by atoms with Gasteiger partial charge >= 0.3 is 6.09 Å². The average Bonchev–Trinajstić information content (AvgIpc) is 2.63. The molecule has 0 bridgehead atoms. The summed E-state index contributed by atoms with van der Waals surface area (Å²) in [6.45, 7) is 5.66. The van der Waals surface area contributed by atoms with Crippen LogP contribution in [0.2, 0.25) is 0 Å². The van der Waals surface area contributed by atoms with Gasteiger partial charge in [-0.2, -0.15) is 0 Å². The van der Waals surface area contributed by atoms with Crippen LogP contribution in [-0.2, 0) is 20.9 Å². The van der Waals surface area contributed by atoms with E-state index in [0.29, 0.717) is 12.8 Å². The smallest absolute Gasteiger partial charge is 0.408 e. The molecule has 0 aromatic heterocycles. The van der Waals surface area contributed by atoms with Gasteiger partial charge in [-0.3, -0.25) is 9.59 Å². The van der Waals surface area contributed by atoms with E-state index in [9.17, 15) is 14.4 Å². The molecule has 4 N–H and O–H groups in total. The molecule has 0 fully saturated rings. The molecule has 1 aromatic carbocycles. The Labute approximate surface area is 154 Å². The van der Waals surface area contributed by atoms with Crippen molar-refractivity contribution in [3.8, 4) is 0 Å². The standard InChI is InChI=1S/C19H29N3O4/c1-4-15(17(23)11-20)21-18(24)16(10-13(2)3)22-19(25)26-12-14-8-6-5-7-9-14/h5-9,13,15-16H,4,10-12,20H2,1-3H3,(H,21,24)(H,22,25)/t15-,16-/m0/s1. The highest BCUT2D eigenvalue weighted by Gasteiger charge is 2.26. The van der Waals surface area contributed by atoms with Crippen LogP contribution in [0, 0.1) is 5.92 Å². The van der Waals surface area contributed by atoms with Gasteiger partial charge in [0.15, 0.2) is 5.78 Å². The number of rotatable bonds is 10. The predicted molar refractivity (Wildman–Crippen MR) is 99.3 cm³/mol. The van der Waals surface area contributed by atoms with E-state index < -0.39 is 24.1 Å².